The van der Waals surface area contributed by atoms with Gasteiger partial charge in [-0.3, -0.25) is 15.1 Å². The highest BCUT2D eigenvalue weighted by Gasteiger charge is 2.12. The van der Waals surface area contributed by atoms with E-state index in [1.54, 1.807) is 62.6 Å². The number of aryl methyl sites for hydroxylation is 1. The summed E-state index contributed by atoms with van der Waals surface area (Å²) in [6.45, 7) is 3.94. The van der Waals surface area contributed by atoms with Crippen LogP contribution in [0, 0.1) is 12.7 Å². The number of pyridine rings is 1. The standard InChI is InChI=1S/C24H23FN4O3/c1-3-32-23(31)18-6-8-20(9-7-18)28-24(27-15-17-10-12-26-13-11-17)29-22(30)19-5-4-16(2)21(25)14-19/h4-14H,3,15H2,1-2H3,(H2,27,28,29,30). The quantitative estimate of drug-likeness (QED) is 0.346. The van der Waals surface area contributed by atoms with Crippen LogP contribution >= 0.6 is 0 Å². The number of ether oxygens (including phenoxy) is 1. The zero-order valence-corrected chi connectivity index (χ0v) is 17.8. The predicted octanol–water partition coefficient (Wildman–Crippen LogP) is 4.10. The molecule has 0 aliphatic carbocycles. The molecule has 1 amide bonds. The molecule has 0 aliphatic heterocycles. The molecular formula is C24H23FN4O3. The van der Waals surface area contributed by atoms with Gasteiger partial charge in [0.25, 0.3) is 5.91 Å². The van der Waals surface area contributed by atoms with Gasteiger partial charge in [0, 0.05) is 23.6 Å². The second kappa shape index (κ2) is 10.8. The third kappa shape index (κ3) is 6.21. The molecule has 2 aromatic carbocycles. The van der Waals surface area contributed by atoms with Gasteiger partial charge in [-0.15, -0.1) is 0 Å². The summed E-state index contributed by atoms with van der Waals surface area (Å²) in [6, 6.07) is 14.5. The Hall–Kier alpha value is -4.07. The van der Waals surface area contributed by atoms with Crippen LogP contribution < -0.4 is 10.6 Å². The minimum Gasteiger partial charge on any atom is -0.462 e. The third-order valence-corrected chi connectivity index (χ3v) is 4.49. The maximum atomic E-state index is 13.9. The number of nitrogens with zero attached hydrogens (tertiary/aromatic N) is 2. The topological polar surface area (TPSA) is 92.7 Å². The highest BCUT2D eigenvalue weighted by Crippen LogP contribution is 2.12. The van der Waals surface area contributed by atoms with Crippen molar-refractivity contribution in [3.63, 3.8) is 0 Å². The van der Waals surface area contributed by atoms with Crippen LogP contribution in [-0.4, -0.2) is 29.4 Å². The third-order valence-electron chi connectivity index (χ3n) is 4.49. The number of carbonyl (C=O) groups is 2. The number of benzene rings is 2. The van der Waals surface area contributed by atoms with Gasteiger partial charge in [-0.25, -0.2) is 14.2 Å². The van der Waals surface area contributed by atoms with Crippen LogP contribution in [0.4, 0.5) is 10.1 Å². The second-order valence-electron chi connectivity index (χ2n) is 6.86. The normalized spacial score (nSPS) is 11.0. The first-order valence-electron chi connectivity index (χ1n) is 10.0. The molecule has 0 fully saturated rings. The zero-order valence-electron chi connectivity index (χ0n) is 17.8. The van der Waals surface area contributed by atoms with Crippen LogP contribution in [0.15, 0.2) is 72.0 Å². The van der Waals surface area contributed by atoms with Gasteiger partial charge in [0.05, 0.1) is 18.7 Å². The van der Waals surface area contributed by atoms with Gasteiger partial charge in [0.15, 0.2) is 0 Å². The van der Waals surface area contributed by atoms with Crippen molar-refractivity contribution in [2.75, 3.05) is 11.9 Å². The molecular weight excluding hydrogens is 411 g/mol. The Balaban J connectivity index is 1.79. The van der Waals surface area contributed by atoms with E-state index in [0.717, 1.165) is 5.56 Å². The van der Waals surface area contributed by atoms with Crippen molar-refractivity contribution < 1.29 is 18.7 Å². The summed E-state index contributed by atoms with van der Waals surface area (Å²) in [6.07, 6.45) is 3.31. The first-order valence-corrected chi connectivity index (χ1v) is 10.0. The summed E-state index contributed by atoms with van der Waals surface area (Å²) in [5, 5.41) is 5.71. The molecule has 0 atom stereocenters. The van der Waals surface area contributed by atoms with E-state index in [9.17, 15) is 14.0 Å². The monoisotopic (exact) mass is 434 g/mol. The molecule has 0 spiro atoms. The highest BCUT2D eigenvalue weighted by molar-refractivity contribution is 6.10. The molecule has 32 heavy (non-hydrogen) atoms. The number of hydrogen-bond acceptors (Lipinski definition) is 5. The van der Waals surface area contributed by atoms with Gasteiger partial charge >= 0.3 is 5.97 Å². The summed E-state index contributed by atoms with van der Waals surface area (Å²) < 4.78 is 18.9. The Labute approximate surface area is 185 Å². The second-order valence-corrected chi connectivity index (χ2v) is 6.86. The van der Waals surface area contributed by atoms with Crippen LogP contribution in [0.2, 0.25) is 0 Å². The van der Waals surface area contributed by atoms with E-state index in [-0.39, 0.29) is 24.7 Å². The Kier molecular flexibility index (Phi) is 7.64. The number of nitrogens with one attached hydrogen (secondary N) is 2. The van der Waals surface area contributed by atoms with Gasteiger partial charge in [-0.05, 0) is 73.5 Å². The van der Waals surface area contributed by atoms with Gasteiger partial charge in [-0.2, -0.15) is 0 Å². The van der Waals surface area contributed by atoms with Crippen LogP contribution in [-0.2, 0) is 11.3 Å². The summed E-state index contributed by atoms with van der Waals surface area (Å²) in [4.78, 5) is 32.9. The minimum atomic E-state index is -0.506. The molecule has 3 aromatic rings. The lowest BCUT2D eigenvalue weighted by Gasteiger charge is -2.13. The Morgan fingerprint density at radius 3 is 2.38 bits per heavy atom. The average Bonchev–Trinajstić information content (AvgIpc) is 2.80. The number of amides is 1. The van der Waals surface area contributed by atoms with Crippen LogP contribution in [0.1, 0.15) is 38.8 Å². The molecule has 0 aliphatic rings. The SMILES string of the molecule is CCOC(=O)c1ccc(NC(=NCc2ccncc2)NC(=O)c2ccc(C)c(F)c2)cc1. The number of carbonyl (C=O) groups excluding carboxylic acids is 2. The van der Waals surface area contributed by atoms with E-state index in [2.05, 4.69) is 20.6 Å². The van der Waals surface area contributed by atoms with Crippen molar-refractivity contribution in [2.24, 2.45) is 4.99 Å². The van der Waals surface area contributed by atoms with Gasteiger partial charge < -0.3 is 10.1 Å². The molecule has 2 N–H and O–H groups in total. The molecule has 164 valence electrons. The average molecular weight is 434 g/mol. The first kappa shape index (κ1) is 22.6. The van der Waals surface area contributed by atoms with E-state index in [0.29, 0.717) is 16.8 Å². The fourth-order valence-electron chi connectivity index (χ4n) is 2.72. The zero-order chi connectivity index (χ0) is 22.9. The van der Waals surface area contributed by atoms with Gasteiger partial charge in [0.2, 0.25) is 5.96 Å². The largest absolute Gasteiger partial charge is 0.462 e. The fourth-order valence-corrected chi connectivity index (χ4v) is 2.72. The minimum absolute atomic E-state index is 0.171. The molecule has 7 nitrogen and oxygen atoms in total. The lowest BCUT2D eigenvalue weighted by atomic mass is 10.1. The van der Waals surface area contributed by atoms with Crippen molar-refractivity contribution in [1.29, 1.82) is 0 Å². The molecule has 8 heteroatoms. The Morgan fingerprint density at radius 1 is 1.03 bits per heavy atom. The summed E-state index contributed by atoms with van der Waals surface area (Å²) in [5.74, 6) is -1.21. The number of aromatic nitrogens is 1. The molecule has 0 saturated heterocycles. The molecule has 1 heterocycles. The van der Waals surface area contributed by atoms with Gasteiger partial charge in [-0.1, -0.05) is 6.07 Å². The number of esters is 1. The first-order chi connectivity index (χ1) is 15.5. The number of anilines is 1. The fraction of sp³-hybridized carbons (Fsp3) is 0.167. The predicted molar refractivity (Wildman–Crippen MR) is 120 cm³/mol. The van der Waals surface area contributed by atoms with Gasteiger partial charge in [0.1, 0.15) is 5.82 Å². The van der Waals surface area contributed by atoms with E-state index >= 15 is 0 Å². The highest BCUT2D eigenvalue weighted by atomic mass is 19.1. The van der Waals surface area contributed by atoms with Crippen molar-refractivity contribution in [2.45, 2.75) is 20.4 Å². The van der Waals surface area contributed by atoms with Crippen molar-refractivity contribution in [3.05, 3.63) is 95.1 Å². The number of rotatable bonds is 6. The number of guanidine groups is 1. The smallest absolute Gasteiger partial charge is 0.338 e. The number of aliphatic imine (C=N–C) groups is 1. The molecule has 0 unspecified atom stereocenters. The number of halogens is 1. The number of hydrogen-bond donors (Lipinski definition) is 2. The lowest BCUT2D eigenvalue weighted by molar-refractivity contribution is 0.0526. The molecule has 1 aromatic heterocycles. The van der Waals surface area contributed by atoms with Crippen LogP contribution in [0.3, 0.4) is 0 Å². The molecule has 0 radical (unpaired) electrons. The molecule has 0 saturated carbocycles. The molecule has 3 rings (SSSR count). The maximum absolute atomic E-state index is 13.9. The Bertz CT molecular complexity index is 1120. The summed E-state index contributed by atoms with van der Waals surface area (Å²) >= 11 is 0. The van der Waals surface area contributed by atoms with Crippen molar-refractivity contribution in [3.8, 4) is 0 Å². The van der Waals surface area contributed by atoms with Crippen molar-refractivity contribution >= 4 is 23.5 Å². The van der Waals surface area contributed by atoms with E-state index in [1.807, 2.05) is 12.1 Å². The summed E-state index contributed by atoms with van der Waals surface area (Å²) in [7, 11) is 0. The van der Waals surface area contributed by atoms with Crippen LogP contribution in [0.5, 0.6) is 0 Å². The van der Waals surface area contributed by atoms with E-state index in [4.69, 9.17) is 4.74 Å². The Morgan fingerprint density at radius 2 is 1.72 bits per heavy atom. The van der Waals surface area contributed by atoms with Crippen LogP contribution in [0.25, 0.3) is 0 Å². The van der Waals surface area contributed by atoms with E-state index in [1.165, 1.54) is 6.07 Å². The van der Waals surface area contributed by atoms with Crippen molar-refractivity contribution in [1.82, 2.24) is 10.3 Å². The molecule has 0 bridgehead atoms. The van der Waals surface area contributed by atoms with E-state index < -0.39 is 17.7 Å². The maximum Gasteiger partial charge on any atom is 0.338 e. The lowest BCUT2D eigenvalue weighted by Crippen LogP contribution is -2.36. The summed E-state index contributed by atoms with van der Waals surface area (Å²) in [5.41, 5.74) is 2.53.